The average Bonchev–Trinajstić information content (AvgIpc) is 2.96. The molecule has 3 rings (SSSR count). The fourth-order valence-corrected chi connectivity index (χ4v) is 3.89. The number of aromatic hydroxyl groups is 2. The van der Waals surface area contributed by atoms with Crippen LogP contribution in [0, 0.1) is 0 Å². The molecule has 3 aromatic carbocycles. The number of hydrogen-bond acceptors (Lipinski definition) is 7. The second-order valence-electron chi connectivity index (χ2n) is 9.62. The molecule has 3 atom stereocenters. The van der Waals surface area contributed by atoms with E-state index < -0.39 is 41.8 Å². The third kappa shape index (κ3) is 10.3. The third-order valence-corrected chi connectivity index (χ3v) is 6.25. The fraction of sp³-hybridized carbons (Fsp3) is 0.267. The number of hydrogen-bond donors (Lipinski definition) is 7. The molecular weight excluding hydrogens is 526 g/mol. The van der Waals surface area contributed by atoms with Gasteiger partial charge in [0.25, 0.3) is 0 Å². The van der Waals surface area contributed by atoms with Crippen molar-refractivity contribution in [2.24, 2.45) is 5.73 Å². The molecule has 0 unspecified atom stereocenters. The lowest BCUT2D eigenvalue weighted by Gasteiger charge is -2.22. The van der Waals surface area contributed by atoms with Crippen LogP contribution in [0.1, 0.15) is 23.6 Å². The van der Waals surface area contributed by atoms with Crippen LogP contribution in [-0.2, 0) is 38.6 Å². The zero-order valence-corrected chi connectivity index (χ0v) is 22.7. The monoisotopic (exact) mass is 561 g/mol. The van der Waals surface area contributed by atoms with E-state index in [2.05, 4.69) is 21.3 Å². The molecule has 8 N–H and O–H groups in total. The van der Waals surface area contributed by atoms with Crippen molar-refractivity contribution in [2.45, 2.75) is 44.4 Å². The van der Waals surface area contributed by atoms with Gasteiger partial charge in [-0.25, -0.2) is 0 Å². The summed E-state index contributed by atoms with van der Waals surface area (Å²) in [5.41, 5.74) is 8.31. The number of benzene rings is 3. The highest BCUT2D eigenvalue weighted by molar-refractivity contribution is 5.94. The number of nitrogens with two attached hydrogens (primary N) is 1. The molecule has 0 spiro atoms. The van der Waals surface area contributed by atoms with Crippen molar-refractivity contribution in [1.29, 1.82) is 0 Å². The largest absolute Gasteiger partial charge is 0.508 e. The van der Waals surface area contributed by atoms with Crippen LogP contribution in [0.25, 0.3) is 0 Å². The number of phenolic OH excluding ortho intramolecular Hbond substituents is 2. The van der Waals surface area contributed by atoms with Crippen molar-refractivity contribution < 1.29 is 29.4 Å². The van der Waals surface area contributed by atoms with E-state index in [-0.39, 0.29) is 37.4 Å². The SMILES string of the molecule is C[C@@H](NC(=O)[C@@H](N)Cc1ccc(O)cc1)C(=O)N[C@@H](Cc1ccccc1)C(=O)NCC(=O)NCc1ccc(O)cc1. The maximum Gasteiger partial charge on any atom is 0.243 e. The standard InChI is InChI=1S/C30H35N5O6/c1-19(34-29(40)25(31)15-21-7-11-23(36)12-8-21)28(39)35-26(16-20-5-3-2-4-6-20)30(41)33-18-27(38)32-17-22-9-13-24(37)14-10-22/h2-14,19,25-26,36-37H,15-18,31H2,1H3,(H,32,38)(H,33,41)(H,34,40)(H,35,39)/t19-,25+,26+/m1/s1. The molecule has 0 bridgehead atoms. The minimum Gasteiger partial charge on any atom is -0.508 e. The topological polar surface area (TPSA) is 183 Å². The van der Waals surface area contributed by atoms with E-state index in [0.717, 1.165) is 16.7 Å². The van der Waals surface area contributed by atoms with Gasteiger partial charge in [-0.1, -0.05) is 54.6 Å². The van der Waals surface area contributed by atoms with Gasteiger partial charge in [0.2, 0.25) is 23.6 Å². The summed E-state index contributed by atoms with van der Waals surface area (Å²) in [4.78, 5) is 50.9. The number of nitrogens with one attached hydrogen (secondary N) is 4. The Hall–Kier alpha value is -4.90. The summed E-state index contributed by atoms with van der Waals surface area (Å²) in [6.07, 6.45) is 0.364. The molecule has 4 amide bonds. The molecule has 0 aromatic heterocycles. The fourth-order valence-electron chi connectivity index (χ4n) is 3.89. The Balaban J connectivity index is 1.55. The van der Waals surface area contributed by atoms with Crippen LogP contribution in [0.2, 0.25) is 0 Å². The summed E-state index contributed by atoms with van der Waals surface area (Å²) in [7, 11) is 0. The van der Waals surface area contributed by atoms with Gasteiger partial charge >= 0.3 is 0 Å². The highest BCUT2D eigenvalue weighted by Crippen LogP contribution is 2.11. The van der Waals surface area contributed by atoms with Gasteiger partial charge in [0.15, 0.2) is 0 Å². The maximum atomic E-state index is 13.0. The molecule has 11 heteroatoms. The molecule has 0 saturated heterocycles. The lowest BCUT2D eigenvalue weighted by atomic mass is 10.0. The molecule has 11 nitrogen and oxygen atoms in total. The number of phenols is 2. The number of amides is 4. The molecule has 0 aliphatic rings. The van der Waals surface area contributed by atoms with Gasteiger partial charge in [0.1, 0.15) is 23.6 Å². The van der Waals surface area contributed by atoms with Crippen molar-refractivity contribution >= 4 is 23.6 Å². The number of carbonyl (C=O) groups is 4. The average molecular weight is 562 g/mol. The number of carbonyl (C=O) groups excluding carboxylic acids is 4. The molecule has 0 aliphatic heterocycles. The summed E-state index contributed by atoms with van der Waals surface area (Å²) in [5.74, 6) is -1.92. The Bertz CT molecular complexity index is 1320. The second-order valence-corrected chi connectivity index (χ2v) is 9.62. The quantitative estimate of drug-likeness (QED) is 0.160. The van der Waals surface area contributed by atoms with Gasteiger partial charge in [-0.05, 0) is 54.3 Å². The summed E-state index contributed by atoms with van der Waals surface area (Å²) in [6, 6.07) is 18.8. The van der Waals surface area contributed by atoms with Crippen LogP contribution in [0.3, 0.4) is 0 Å². The van der Waals surface area contributed by atoms with Crippen molar-refractivity contribution in [3.05, 3.63) is 95.6 Å². The predicted molar refractivity (Wildman–Crippen MR) is 152 cm³/mol. The predicted octanol–water partition coefficient (Wildman–Crippen LogP) is 0.632. The molecule has 0 heterocycles. The van der Waals surface area contributed by atoms with E-state index in [9.17, 15) is 29.4 Å². The Morgan fingerprint density at radius 2 is 1.24 bits per heavy atom. The van der Waals surface area contributed by atoms with E-state index in [1.807, 2.05) is 18.2 Å². The molecule has 3 aromatic rings. The highest BCUT2D eigenvalue weighted by Gasteiger charge is 2.26. The summed E-state index contributed by atoms with van der Waals surface area (Å²) < 4.78 is 0. The van der Waals surface area contributed by atoms with Crippen LogP contribution in [-0.4, -0.2) is 58.5 Å². The van der Waals surface area contributed by atoms with Gasteiger partial charge in [-0.3, -0.25) is 19.2 Å². The van der Waals surface area contributed by atoms with Gasteiger partial charge < -0.3 is 37.2 Å². The van der Waals surface area contributed by atoms with Crippen molar-refractivity contribution in [1.82, 2.24) is 21.3 Å². The first kappa shape index (κ1) is 30.6. The molecule has 216 valence electrons. The zero-order chi connectivity index (χ0) is 29.8. The van der Waals surface area contributed by atoms with E-state index in [1.165, 1.54) is 31.2 Å². The van der Waals surface area contributed by atoms with Crippen molar-refractivity contribution in [3.63, 3.8) is 0 Å². The van der Waals surface area contributed by atoms with Crippen molar-refractivity contribution in [2.75, 3.05) is 6.54 Å². The summed E-state index contributed by atoms with van der Waals surface area (Å²) >= 11 is 0. The lowest BCUT2D eigenvalue weighted by Crippen LogP contribution is -2.56. The molecule has 0 saturated carbocycles. The summed E-state index contributed by atoms with van der Waals surface area (Å²) in [5, 5.41) is 29.2. The van der Waals surface area contributed by atoms with E-state index >= 15 is 0 Å². The lowest BCUT2D eigenvalue weighted by molar-refractivity contribution is -0.132. The van der Waals surface area contributed by atoms with E-state index in [1.54, 1.807) is 36.4 Å². The summed E-state index contributed by atoms with van der Waals surface area (Å²) in [6.45, 7) is 1.39. The molecular formula is C30H35N5O6. The van der Waals surface area contributed by atoms with Crippen molar-refractivity contribution in [3.8, 4) is 11.5 Å². The van der Waals surface area contributed by atoms with Gasteiger partial charge in [0.05, 0.1) is 12.6 Å². The molecule has 0 radical (unpaired) electrons. The maximum absolute atomic E-state index is 13.0. The third-order valence-electron chi connectivity index (χ3n) is 6.25. The minimum absolute atomic E-state index is 0.0980. The van der Waals surface area contributed by atoms with Gasteiger partial charge in [-0.2, -0.15) is 0 Å². The second kappa shape index (κ2) is 15.0. The van der Waals surface area contributed by atoms with Gasteiger partial charge in [0, 0.05) is 13.0 Å². The Kier molecular flexibility index (Phi) is 11.2. The molecule has 0 aliphatic carbocycles. The number of rotatable bonds is 13. The van der Waals surface area contributed by atoms with Crippen LogP contribution in [0.4, 0.5) is 0 Å². The normalized spacial score (nSPS) is 12.8. The zero-order valence-electron chi connectivity index (χ0n) is 22.7. The highest BCUT2D eigenvalue weighted by atomic mass is 16.3. The first-order valence-electron chi connectivity index (χ1n) is 13.1. The first-order valence-corrected chi connectivity index (χ1v) is 13.1. The van der Waals surface area contributed by atoms with Crippen LogP contribution < -0.4 is 27.0 Å². The minimum atomic E-state index is -1.01. The van der Waals surface area contributed by atoms with Crippen LogP contribution in [0.5, 0.6) is 11.5 Å². The smallest absolute Gasteiger partial charge is 0.243 e. The molecule has 41 heavy (non-hydrogen) atoms. The molecule has 0 fully saturated rings. The van der Waals surface area contributed by atoms with Crippen LogP contribution in [0.15, 0.2) is 78.9 Å². The van der Waals surface area contributed by atoms with Crippen LogP contribution >= 0.6 is 0 Å². The van der Waals surface area contributed by atoms with E-state index in [4.69, 9.17) is 5.73 Å². The Morgan fingerprint density at radius 3 is 1.85 bits per heavy atom. The Morgan fingerprint density at radius 1 is 0.683 bits per heavy atom. The Labute approximate surface area is 238 Å². The van der Waals surface area contributed by atoms with Gasteiger partial charge in [-0.15, -0.1) is 0 Å². The first-order chi connectivity index (χ1) is 19.6. The van der Waals surface area contributed by atoms with E-state index in [0.29, 0.717) is 0 Å².